The van der Waals surface area contributed by atoms with Crippen molar-refractivity contribution >= 4 is 43.0 Å². The van der Waals surface area contributed by atoms with Gasteiger partial charge < -0.3 is 5.73 Å². The van der Waals surface area contributed by atoms with Gasteiger partial charge in [0.25, 0.3) is 0 Å². The Morgan fingerprint density at radius 1 is 1.45 bits per heavy atom. The number of nitrogens with two attached hydrogens (primary N) is 1. The quantitative estimate of drug-likeness (QED) is 0.831. The van der Waals surface area contributed by atoms with Crippen LogP contribution in [0.2, 0.25) is 0 Å². The summed E-state index contributed by atoms with van der Waals surface area (Å²) in [4.78, 5) is 0.457. The molecule has 0 aliphatic heterocycles. The molecule has 0 spiro atoms. The number of hydrogen-bond acceptors (Lipinski definition) is 4. The number of rotatable bonds is 4. The van der Waals surface area contributed by atoms with Crippen molar-refractivity contribution in [2.45, 2.75) is 11.4 Å². The zero-order chi connectivity index (χ0) is 14.9. The van der Waals surface area contributed by atoms with Crippen LogP contribution in [-0.4, -0.2) is 19.8 Å². The first-order valence-corrected chi connectivity index (χ1v) is 8.67. The van der Waals surface area contributed by atoms with Crippen LogP contribution in [0.25, 0.3) is 0 Å². The highest BCUT2D eigenvalue weighted by molar-refractivity contribution is 9.10. The molecule has 0 unspecified atom stereocenters. The average Bonchev–Trinajstić information content (AvgIpc) is 2.86. The molecule has 0 radical (unpaired) electrons. The number of halogens is 2. The minimum atomic E-state index is -3.92. The molecule has 1 aromatic heterocycles. The Hall–Kier alpha value is -0.960. The Bertz CT molecular complexity index is 717. The molecule has 8 heteroatoms. The zero-order valence-electron chi connectivity index (χ0n) is 10.5. The molecule has 0 fully saturated rings. The molecule has 0 atom stereocenters. The fourth-order valence-electron chi connectivity index (χ4n) is 1.62. The molecule has 1 aromatic carbocycles. The van der Waals surface area contributed by atoms with Crippen LogP contribution in [0.5, 0.6) is 0 Å². The van der Waals surface area contributed by atoms with Crippen molar-refractivity contribution in [3.63, 3.8) is 0 Å². The third-order valence-electron chi connectivity index (χ3n) is 2.70. The Morgan fingerprint density at radius 2 is 2.15 bits per heavy atom. The maximum atomic E-state index is 13.9. The number of thiophene rings is 1. The maximum Gasteiger partial charge on any atom is 0.246 e. The third kappa shape index (κ3) is 3.03. The lowest BCUT2D eigenvalue weighted by Crippen LogP contribution is -2.27. The van der Waals surface area contributed by atoms with E-state index >= 15 is 0 Å². The van der Waals surface area contributed by atoms with Crippen molar-refractivity contribution in [1.82, 2.24) is 4.31 Å². The van der Waals surface area contributed by atoms with Gasteiger partial charge in [-0.1, -0.05) is 6.07 Å². The van der Waals surface area contributed by atoms with Crippen molar-refractivity contribution in [2.75, 3.05) is 12.8 Å². The Kier molecular flexibility index (Phi) is 4.48. The number of benzene rings is 1. The van der Waals surface area contributed by atoms with Crippen LogP contribution in [0.4, 0.5) is 10.1 Å². The summed E-state index contributed by atoms with van der Waals surface area (Å²) in [6, 6.07) is 5.84. The molecule has 20 heavy (non-hydrogen) atoms. The molecule has 2 N–H and O–H groups in total. The lowest BCUT2D eigenvalue weighted by molar-refractivity contribution is 0.462. The molecule has 2 rings (SSSR count). The predicted molar refractivity (Wildman–Crippen MR) is 81.5 cm³/mol. The van der Waals surface area contributed by atoms with Gasteiger partial charge in [-0.2, -0.15) is 4.31 Å². The number of nitrogens with zero attached hydrogens (tertiary/aromatic N) is 1. The summed E-state index contributed by atoms with van der Waals surface area (Å²) in [5.41, 5.74) is 5.80. The van der Waals surface area contributed by atoms with Crippen molar-refractivity contribution < 1.29 is 12.8 Å². The van der Waals surface area contributed by atoms with E-state index in [0.717, 1.165) is 21.3 Å². The van der Waals surface area contributed by atoms with E-state index in [1.54, 1.807) is 0 Å². The van der Waals surface area contributed by atoms with Gasteiger partial charge in [-0.3, -0.25) is 0 Å². The molecule has 4 nitrogen and oxygen atoms in total. The molecule has 0 saturated carbocycles. The number of hydrogen-bond donors (Lipinski definition) is 1. The fraction of sp³-hybridized carbons (Fsp3) is 0.167. The van der Waals surface area contributed by atoms with Crippen LogP contribution in [0.3, 0.4) is 0 Å². The number of nitrogen functional groups attached to an aromatic ring is 1. The van der Waals surface area contributed by atoms with Gasteiger partial charge in [-0.15, -0.1) is 11.3 Å². The molecule has 108 valence electrons. The lowest BCUT2D eigenvalue weighted by Gasteiger charge is -2.17. The van der Waals surface area contributed by atoms with Crippen LogP contribution >= 0.6 is 27.3 Å². The summed E-state index contributed by atoms with van der Waals surface area (Å²) in [6.07, 6.45) is 0. The van der Waals surface area contributed by atoms with Crippen molar-refractivity contribution in [1.29, 1.82) is 0 Å². The highest BCUT2D eigenvalue weighted by Gasteiger charge is 2.25. The minimum absolute atomic E-state index is 0.175. The molecular weight excluding hydrogens is 367 g/mol. The number of sulfonamides is 1. The fourth-order valence-corrected chi connectivity index (χ4v) is 4.00. The van der Waals surface area contributed by atoms with Crippen LogP contribution in [0, 0.1) is 5.82 Å². The van der Waals surface area contributed by atoms with E-state index in [1.807, 2.05) is 17.5 Å². The summed E-state index contributed by atoms with van der Waals surface area (Å²) in [5, 5.41) is 1.86. The first-order valence-electron chi connectivity index (χ1n) is 5.55. The van der Waals surface area contributed by atoms with Crippen LogP contribution in [-0.2, 0) is 16.6 Å². The molecule has 1 heterocycles. The Morgan fingerprint density at radius 3 is 2.75 bits per heavy atom. The van der Waals surface area contributed by atoms with E-state index in [4.69, 9.17) is 5.73 Å². The Balaban J connectivity index is 2.37. The summed E-state index contributed by atoms with van der Waals surface area (Å²) in [7, 11) is -2.51. The second-order valence-electron chi connectivity index (χ2n) is 4.14. The van der Waals surface area contributed by atoms with Gasteiger partial charge in [0.2, 0.25) is 10.0 Å². The van der Waals surface area contributed by atoms with Gasteiger partial charge >= 0.3 is 0 Å². The summed E-state index contributed by atoms with van der Waals surface area (Å²) in [6.45, 7) is 0.190. The van der Waals surface area contributed by atoms with Crippen molar-refractivity contribution in [3.05, 3.63) is 44.8 Å². The lowest BCUT2D eigenvalue weighted by atomic mass is 10.3. The largest absolute Gasteiger partial charge is 0.398 e. The van der Waals surface area contributed by atoms with E-state index in [9.17, 15) is 12.8 Å². The van der Waals surface area contributed by atoms with Gasteiger partial charge in [0.15, 0.2) is 0 Å². The highest BCUT2D eigenvalue weighted by Crippen LogP contribution is 2.28. The van der Waals surface area contributed by atoms with E-state index in [0.29, 0.717) is 4.47 Å². The van der Waals surface area contributed by atoms with Gasteiger partial charge in [-0.25, -0.2) is 12.8 Å². The molecule has 0 aliphatic carbocycles. The van der Waals surface area contributed by atoms with E-state index in [-0.39, 0.29) is 12.2 Å². The van der Waals surface area contributed by atoms with Crippen LogP contribution < -0.4 is 5.73 Å². The molecule has 0 saturated heterocycles. The third-order valence-corrected chi connectivity index (χ3v) is 6.06. The topological polar surface area (TPSA) is 63.4 Å². The summed E-state index contributed by atoms with van der Waals surface area (Å²) < 4.78 is 40.0. The van der Waals surface area contributed by atoms with Gasteiger partial charge in [0, 0.05) is 28.6 Å². The van der Waals surface area contributed by atoms with E-state index in [2.05, 4.69) is 15.9 Å². The normalized spacial score (nSPS) is 12.0. The van der Waals surface area contributed by atoms with E-state index in [1.165, 1.54) is 18.4 Å². The number of anilines is 1. The van der Waals surface area contributed by atoms with Crippen LogP contribution in [0.15, 0.2) is 39.0 Å². The second-order valence-corrected chi connectivity index (χ2v) is 8.04. The minimum Gasteiger partial charge on any atom is -0.398 e. The molecule has 0 aliphatic rings. The first kappa shape index (κ1) is 15.4. The second kappa shape index (κ2) is 5.80. The zero-order valence-corrected chi connectivity index (χ0v) is 13.7. The summed E-state index contributed by atoms with van der Waals surface area (Å²) >= 11 is 4.50. The van der Waals surface area contributed by atoms with E-state index < -0.39 is 20.7 Å². The highest BCUT2D eigenvalue weighted by atomic mass is 79.9. The monoisotopic (exact) mass is 378 g/mol. The van der Waals surface area contributed by atoms with Crippen LogP contribution in [0.1, 0.15) is 4.88 Å². The average molecular weight is 379 g/mol. The van der Waals surface area contributed by atoms with Crippen molar-refractivity contribution in [2.24, 2.45) is 0 Å². The molecule has 0 bridgehead atoms. The van der Waals surface area contributed by atoms with Gasteiger partial charge in [0.1, 0.15) is 10.7 Å². The van der Waals surface area contributed by atoms with Gasteiger partial charge in [-0.05, 0) is 39.5 Å². The standard InChI is InChI=1S/C12H12BrFN2O2S2/c1-16(7-8-3-2-4-19-8)20(17,18)12-6-11(15)9(13)5-10(12)14/h2-6H,7,15H2,1H3. The maximum absolute atomic E-state index is 13.9. The predicted octanol–water partition coefficient (Wildman–Crippen LogP) is 3.05. The molecular formula is C12H12BrFN2O2S2. The van der Waals surface area contributed by atoms with Crippen molar-refractivity contribution in [3.8, 4) is 0 Å². The summed E-state index contributed by atoms with van der Waals surface area (Å²) in [5.74, 6) is -0.830. The van der Waals surface area contributed by atoms with Gasteiger partial charge in [0.05, 0.1) is 0 Å². The molecule has 0 amide bonds. The first-order chi connectivity index (χ1) is 9.32. The molecule has 2 aromatic rings. The SMILES string of the molecule is CN(Cc1cccs1)S(=O)(=O)c1cc(N)c(Br)cc1F. The Labute approximate surface area is 129 Å². The smallest absolute Gasteiger partial charge is 0.246 e.